The van der Waals surface area contributed by atoms with Crippen molar-refractivity contribution in [1.29, 1.82) is 5.26 Å². The van der Waals surface area contributed by atoms with Crippen molar-refractivity contribution in [1.82, 2.24) is 4.90 Å². The van der Waals surface area contributed by atoms with E-state index in [-0.39, 0.29) is 0 Å². The molecule has 1 N–H and O–H groups in total. The van der Waals surface area contributed by atoms with E-state index in [0.717, 1.165) is 58.0 Å². The molecule has 1 heterocycles. The van der Waals surface area contributed by atoms with Gasteiger partial charge in [0.1, 0.15) is 12.1 Å². The van der Waals surface area contributed by atoms with E-state index in [4.69, 9.17) is 0 Å². The minimum atomic E-state index is -0.735. The number of piperidine rings is 1. The Kier molecular flexibility index (Phi) is 7.42. The van der Waals surface area contributed by atoms with E-state index in [1.165, 1.54) is 0 Å². The maximum Gasteiger partial charge on any atom is 0.320 e. The average molecular weight is 464 g/mol. The first-order valence-corrected chi connectivity index (χ1v) is 12.1. The minimum Gasteiger partial charge on any atom is -0.480 e. The summed E-state index contributed by atoms with van der Waals surface area (Å²) in [6.07, 6.45) is 6.71. The van der Waals surface area contributed by atoms with Crippen LogP contribution in [0.3, 0.4) is 0 Å². The maximum atomic E-state index is 11.7. The zero-order valence-electron chi connectivity index (χ0n) is 19.3. The molecule has 0 spiro atoms. The number of likely N-dealkylation sites (tertiary alicyclic amines) is 1. The third-order valence-corrected chi connectivity index (χ3v) is 6.95. The van der Waals surface area contributed by atoms with Crippen molar-refractivity contribution in [3.63, 3.8) is 0 Å². The van der Waals surface area contributed by atoms with E-state index in [0.29, 0.717) is 18.5 Å². The summed E-state index contributed by atoms with van der Waals surface area (Å²) >= 11 is 0. The fourth-order valence-electron chi connectivity index (χ4n) is 4.63. The number of hydrogen-bond donors (Lipinski definition) is 1. The van der Waals surface area contributed by atoms with Gasteiger partial charge in [0.15, 0.2) is 0 Å². The number of hydrogen-bond acceptors (Lipinski definition) is 3. The Balaban J connectivity index is 1.60. The molecule has 1 atom stereocenters. The number of aryl methyl sites for hydroxylation is 1. The van der Waals surface area contributed by atoms with E-state index in [2.05, 4.69) is 40.3 Å². The maximum absolute atomic E-state index is 11.7. The number of benzene rings is 3. The van der Waals surface area contributed by atoms with E-state index in [1.54, 1.807) is 0 Å². The number of rotatable bonds is 6. The number of aliphatic carboxylic acids is 1. The van der Waals surface area contributed by atoms with Crippen molar-refractivity contribution >= 4 is 33.6 Å². The molecular weight excluding hydrogens is 436 g/mol. The first kappa shape index (κ1) is 23.7. The van der Waals surface area contributed by atoms with Crippen molar-refractivity contribution in [2.75, 3.05) is 6.54 Å². The van der Waals surface area contributed by atoms with Gasteiger partial charge in [0.25, 0.3) is 0 Å². The molecule has 169 valence electrons. The predicted molar refractivity (Wildman–Crippen MR) is 138 cm³/mol. The Morgan fingerprint density at radius 3 is 2.62 bits per heavy atom. The summed E-state index contributed by atoms with van der Waals surface area (Å²) in [5.74, 6) is -0.735. The molecule has 4 nitrogen and oxygen atoms in total. The lowest BCUT2D eigenvalue weighted by molar-refractivity contribution is -0.144. The van der Waals surface area contributed by atoms with Crippen LogP contribution in [-0.4, -0.2) is 38.8 Å². The Morgan fingerprint density at radius 2 is 1.88 bits per heavy atom. The first-order chi connectivity index (χ1) is 16.5. The van der Waals surface area contributed by atoms with E-state index >= 15 is 0 Å². The molecule has 3 aromatic rings. The van der Waals surface area contributed by atoms with Gasteiger partial charge in [0.2, 0.25) is 0 Å². The Bertz CT molecular complexity index is 1260. The van der Waals surface area contributed by atoms with E-state index < -0.39 is 12.0 Å². The molecule has 1 aliphatic rings. The zero-order chi connectivity index (χ0) is 24.1. The summed E-state index contributed by atoms with van der Waals surface area (Å²) in [7, 11) is 3.76. The van der Waals surface area contributed by atoms with Crippen molar-refractivity contribution in [3.05, 3.63) is 88.5 Å². The van der Waals surface area contributed by atoms with Gasteiger partial charge in [-0.3, -0.25) is 9.69 Å². The zero-order valence-corrected chi connectivity index (χ0v) is 20.3. The van der Waals surface area contributed by atoms with Crippen LogP contribution in [0.25, 0.3) is 23.3 Å². The number of nitrogens with zero attached hydrogens (tertiary/aromatic N) is 2. The Labute approximate surface area is 204 Å². The number of carboxylic acids is 1. The third-order valence-electron chi connectivity index (χ3n) is 6.52. The summed E-state index contributed by atoms with van der Waals surface area (Å²) in [5, 5.41) is 20.4. The second-order valence-electron chi connectivity index (χ2n) is 8.77. The molecule has 5 heteroatoms. The van der Waals surface area contributed by atoms with Gasteiger partial charge >= 0.3 is 5.97 Å². The molecule has 1 fully saturated rings. The predicted octanol–water partition coefficient (Wildman–Crippen LogP) is 4.94. The van der Waals surface area contributed by atoms with Gasteiger partial charge < -0.3 is 5.11 Å². The highest BCUT2D eigenvalue weighted by molar-refractivity contribution is 6.34. The second kappa shape index (κ2) is 10.6. The van der Waals surface area contributed by atoms with Crippen molar-refractivity contribution in [2.24, 2.45) is 0 Å². The van der Waals surface area contributed by atoms with Crippen LogP contribution >= 0.6 is 0 Å². The monoisotopic (exact) mass is 463 g/mol. The molecule has 34 heavy (non-hydrogen) atoms. The summed E-state index contributed by atoms with van der Waals surface area (Å²) in [5.41, 5.74) is 6.72. The molecule has 1 saturated heterocycles. The van der Waals surface area contributed by atoms with Crippen LogP contribution in [0, 0.1) is 18.3 Å². The van der Waals surface area contributed by atoms with Gasteiger partial charge in [-0.25, -0.2) is 0 Å². The first-order valence-electron chi connectivity index (χ1n) is 11.6. The van der Waals surface area contributed by atoms with Crippen LogP contribution < -0.4 is 5.19 Å². The van der Waals surface area contributed by atoms with Gasteiger partial charge in [-0.1, -0.05) is 84.4 Å². The highest BCUT2D eigenvalue weighted by atomic mass is 28.1. The Morgan fingerprint density at radius 1 is 1.12 bits per heavy atom. The van der Waals surface area contributed by atoms with Crippen LogP contribution in [0.2, 0.25) is 0 Å². The number of carbonyl (C=O) groups is 1. The summed E-state index contributed by atoms with van der Waals surface area (Å²) in [6.45, 7) is 3.50. The molecule has 0 amide bonds. The van der Waals surface area contributed by atoms with Gasteiger partial charge in [0, 0.05) is 12.1 Å². The van der Waals surface area contributed by atoms with Gasteiger partial charge in [-0.05, 0) is 54.1 Å². The minimum absolute atomic E-state index is 0.410. The average Bonchev–Trinajstić information content (AvgIpc) is 2.85. The van der Waals surface area contributed by atoms with Gasteiger partial charge in [-0.2, -0.15) is 5.26 Å². The van der Waals surface area contributed by atoms with Crippen LogP contribution in [0.1, 0.15) is 47.1 Å². The third kappa shape index (κ3) is 5.20. The smallest absolute Gasteiger partial charge is 0.320 e. The molecule has 4 rings (SSSR count). The number of carboxylic acid groups (broad SMARTS) is 1. The van der Waals surface area contributed by atoms with Crippen LogP contribution in [0.4, 0.5) is 0 Å². The second-order valence-corrected chi connectivity index (χ2v) is 9.31. The summed E-state index contributed by atoms with van der Waals surface area (Å²) < 4.78 is 0. The van der Waals surface area contributed by atoms with Crippen molar-refractivity contribution in [3.8, 4) is 17.2 Å². The normalized spacial score (nSPS) is 16.4. The molecule has 0 aromatic heterocycles. The number of nitriles is 1. The molecule has 0 unspecified atom stereocenters. The Hall–Kier alpha value is -3.46. The van der Waals surface area contributed by atoms with Gasteiger partial charge in [-0.15, -0.1) is 0 Å². The molecule has 3 aromatic carbocycles. The summed E-state index contributed by atoms with van der Waals surface area (Å²) in [4.78, 5) is 13.7. The molecular formula is C29H27N2O2Si. The van der Waals surface area contributed by atoms with Crippen molar-refractivity contribution < 1.29 is 9.90 Å². The molecule has 0 saturated carbocycles. The standard InChI is InChI=1S/C29H27N2O2Si/c1-20-16-23(28(34)17-24(20)19-31-15-6-5-12-27(31)29(32)33)14-13-22-10-7-11-25(26(22)18-30)21-8-3-2-4-9-21/h2-4,7-11,13-14,16-17,27H,5-6,12,15,19H2,1H3,(H,32,33)/b14-13+/t27-/m0/s1. The van der Waals surface area contributed by atoms with Crippen molar-refractivity contribution in [2.45, 2.75) is 38.8 Å². The lowest BCUT2D eigenvalue weighted by Gasteiger charge is -2.33. The highest BCUT2D eigenvalue weighted by Crippen LogP contribution is 2.27. The van der Waals surface area contributed by atoms with E-state index in [1.807, 2.05) is 60.7 Å². The molecule has 0 aliphatic carbocycles. The lowest BCUT2D eigenvalue weighted by Crippen LogP contribution is -2.44. The largest absolute Gasteiger partial charge is 0.480 e. The topological polar surface area (TPSA) is 64.3 Å². The van der Waals surface area contributed by atoms with Crippen LogP contribution in [0.5, 0.6) is 0 Å². The molecule has 0 bridgehead atoms. The summed E-state index contributed by atoms with van der Waals surface area (Å²) in [6, 6.07) is 22.0. The fourth-order valence-corrected chi connectivity index (χ4v) is 4.96. The SMILES string of the molecule is Cc1cc(/C=C/c2cccc(-c3ccccc3)c2C#N)c([Si])cc1CN1CCCC[C@H]1C(=O)O. The van der Waals surface area contributed by atoms with Crippen LogP contribution in [0.15, 0.2) is 60.7 Å². The lowest BCUT2D eigenvalue weighted by atomic mass is 9.95. The van der Waals surface area contributed by atoms with E-state index in [9.17, 15) is 15.2 Å². The van der Waals surface area contributed by atoms with Gasteiger partial charge in [0.05, 0.1) is 15.8 Å². The van der Waals surface area contributed by atoms with Crippen LogP contribution in [-0.2, 0) is 11.3 Å². The fraction of sp³-hybridized carbons (Fsp3) is 0.241. The highest BCUT2D eigenvalue weighted by Gasteiger charge is 2.28. The molecule has 1 aliphatic heterocycles. The quantitative estimate of drug-likeness (QED) is 0.416. The molecule has 3 radical (unpaired) electrons.